The first kappa shape index (κ1) is 12.2. The largest absolute Gasteiger partial charge is 0.392 e. The number of hydrogen-bond donors (Lipinski definition) is 2. The molecule has 16 heavy (non-hydrogen) atoms. The van der Waals surface area contributed by atoms with E-state index in [2.05, 4.69) is 35.1 Å². The van der Waals surface area contributed by atoms with Crippen LogP contribution in [-0.4, -0.2) is 17.3 Å². The number of anilines is 1. The van der Waals surface area contributed by atoms with Crippen LogP contribution in [0.5, 0.6) is 0 Å². The van der Waals surface area contributed by atoms with E-state index < -0.39 is 0 Å². The third-order valence-electron chi connectivity index (χ3n) is 3.48. The molecule has 2 unspecified atom stereocenters. The molecule has 0 aromatic heterocycles. The molecular weight excluding hydrogens is 289 g/mol. The van der Waals surface area contributed by atoms with E-state index in [0.29, 0.717) is 11.1 Å². The molecule has 4 heteroatoms. The van der Waals surface area contributed by atoms with Crippen molar-refractivity contribution in [2.45, 2.75) is 32.4 Å². The van der Waals surface area contributed by atoms with Gasteiger partial charge in [-0.2, -0.15) is 0 Å². The minimum Gasteiger partial charge on any atom is -0.392 e. The summed E-state index contributed by atoms with van der Waals surface area (Å²) in [6, 6.07) is 6.11. The van der Waals surface area contributed by atoms with Gasteiger partial charge in [0, 0.05) is 21.6 Å². The van der Waals surface area contributed by atoms with Crippen molar-refractivity contribution in [3.8, 4) is 0 Å². The van der Waals surface area contributed by atoms with Crippen molar-refractivity contribution >= 4 is 33.2 Å². The van der Waals surface area contributed by atoms with Crippen molar-refractivity contribution in [3.63, 3.8) is 0 Å². The van der Waals surface area contributed by atoms with Crippen molar-refractivity contribution < 1.29 is 5.11 Å². The SMILES string of the molecule is CC1(C)C(O)CC1Nc1ccc(Br)c(Cl)c1. The van der Waals surface area contributed by atoms with Gasteiger partial charge in [0.25, 0.3) is 0 Å². The van der Waals surface area contributed by atoms with E-state index >= 15 is 0 Å². The van der Waals surface area contributed by atoms with Gasteiger partial charge in [0.2, 0.25) is 0 Å². The fraction of sp³-hybridized carbons (Fsp3) is 0.500. The predicted octanol–water partition coefficient (Wildman–Crippen LogP) is 3.67. The lowest BCUT2D eigenvalue weighted by Gasteiger charge is -2.49. The molecule has 2 atom stereocenters. The van der Waals surface area contributed by atoms with E-state index in [0.717, 1.165) is 16.6 Å². The fourth-order valence-electron chi connectivity index (χ4n) is 1.93. The maximum atomic E-state index is 9.65. The summed E-state index contributed by atoms with van der Waals surface area (Å²) in [5.41, 5.74) is 0.928. The van der Waals surface area contributed by atoms with Crippen LogP contribution in [0.2, 0.25) is 5.02 Å². The Morgan fingerprint density at radius 2 is 2.19 bits per heavy atom. The van der Waals surface area contributed by atoms with E-state index in [1.807, 2.05) is 18.2 Å². The molecule has 0 bridgehead atoms. The average molecular weight is 305 g/mol. The van der Waals surface area contributed by atoms with Gasteiger partial charge in [-0.1, -0.05) is 25.4 Å². The minimum absolute atomic E-state index is 0.0699. The predicted molar refractivity (Wildman–Crippen MR) is 71.0 cm³/mol. The molecule has 0 saturated heterocycles. The van der Waals surface area contributed by atoms with E-state index in [1.54, 1.807) is 0 Å². The monoisotopic (exact) mass is 303 g/mol. The highest BCUT2D eigenvalue weighted by Gasteiger charge is 2.47. The van der Waals surface area contributed by atoms with Crippen molar-refractivity contribution in [2.75, 3.05) is 5.32 Å². The second kappa shape index (κ2) is 4.21. The van der Waals surface area contributed by atoms with Crippen LogP contribution in [0.15, 0.2) is 22.7 Å². The third kappa shape index (κ3) is 2.08. The number of hydrogen-bond acceptors (Lipinski definition) is 2. The Balaban J connectivity index is 2.08. The van der Waals surface area contributed by atoms with Crippen LogP contribution in [0, 0.1) is 5.41 Å². The normalized spacial score (nSPS) is 27.3. The Bertz CT molecular complexity index is 408. The molecule has 1 fully saturated rings. The van der Waals surface area contributed by atoms with Gasteiger partial charge < -0.3 is 10.4 Å². The summed E-state index contributed by atoms with van der Waals surface area (Å²) in [7, 11) is 0. The summed E-state index contributed by atoms with van der Waals surface area (Å²) < 4.78 is 0.896. The molecule has 2 nitrogen and oxygen atoms in total. The van der Waals surface area contributed by atoms with E-state index in [-0.39, 0.29) is 11.5 Å². The molecule has 0 heterocycles. The molecule has 0 aliphatic heterocycles. The van der Waals surface area contributed by atoms with Crippen LogP contribution in [0.25, 0.3) is 0 Å². The maximum Gasteiger partial charge on any atom is 0.0630 e. The topological polar surface area (TPSA) is 32.3 Å². The molecule has 0 amide bonds. The van der Waals surface area contributed by atoms with Crippen LogP contribution in [-0.2, 0) is 0 Å². The van der Waals surface area contributed by atoms with Crippen LogP contribution < -0.4 is 5.32 Å². The van der Waals surface area contributed by atoms with Gasteiger partial charge in [0.05, 0.1) is 11.1 Å². The highest BCUT2D eigenvalue weighted by Crippen LogP contribution is 2.42. The molecule has 0 spiro atoms. The standard InChI is InChI=1S/C12H15BrClNO/c1-12(2)10(6-11(12)16)15-7-3-4-8(13)9(14)5-7/h3-5,10-11,15-16H,6H2,1-2H3. The van der Waals surface area contributed by atoms with E-state index in [1.165, 1.54) is 0 Å². The van der Waals surface area contributed by atoms with Crippen LogP contribution in [0.4, 0.5) is 5.69 Å². The molecule has 88 valence electrons. The lowest BCUT2D eigenvalue weighted by atomic mass is 9.64. The summed E-state index contributed by atoms with van der Waals surface area (Å²) in [5.74, 6) is 0. The Morgan fingerprint density at radius 1 is 1.50 bits per heavy atom. The highest BCUT2D eigenvalue weighted by molar-refractivity contribution is 9.10. The first-order valence-electron chi connectivity index (χ1n) is 5.31. The number of benzene rings is 1. The van der Waals surface area contributed by atoms with Gasteiger partial charge >= 0.3 is 0 Å². The van der Waals surface area contributed by atoms with Gasteiger partial charge in [-0.05, 0) is 40.5 Å². The smallest absolute Gasteiger partial charge is 0.0630 e. The number of halogens is 2. The van der Waals surface area contributed by atoms with E-state index in [4.69, 9.17) is 11.6 Å². The van der Waals surface area contributed by atoms with E-state index in [9.17, 15) is 5.11 Å². The first-order chi connectivity index (χ1) is 7.41. The second-order valence-electron chi connectivity index (χ2n) is 4.90. The third-order valence-corrected chi connectivity index (χ3v) is 4.71. The highest BCUT2D eigenvalue weighted by atomic mass is 79.9. The van der Waals surface area contributed by atoms with Crippen molar-refractivity contribution in [2.24, 2.45) is 5.41 Å². The summed E-state index contributed by atoms with van der Waals surface area (Å²) >= 11 is 9.38. The van der Waals surface area contributed by atoms with Crippen LogP contribution in [0.3, 0.4) is 0 Å². The lowest BCUT2D eigenvalue weighted by Crippen LogP contribution is -2.56. The summed E-state index contributed by atoms with van der Waals surface area (Å²) in [6.45, 7) is 4.14. The van der Waals surface area contributed by atoms with Crippen molar-refractivity contribution in [3.05, 3.63) is 27.7 Å². The van der Waals surface area contributed by atoms with Gasteiger partial charge in [0.1, 0.15) is 0 Å². The number of rotatable bonds is 2. The lowest BCUT2D eigenvalue weighted by molar-refractivity contribution is -0.0510. The second-order valence-corrected chi connectivity index (χ2v) is 6.16. The number of aliphatic hydroxyl groups is 1. The Labute approximate surface area is 109 Å². The molecule has 0 radical (unpaired) electrons. The number of nitrogens with one attached hydrogen (secondary N) is 1. The molecule has 1 saturated carbocycles. The zero-order valence-electron chi connectivity index (χ0n) is 9.30. The van der Waals surface area contributed by atoms with Gasteiger partial charge in [0.15, 0.2) is 0 Å². The summed E-state index contributed by atoms with van der Waals surface area (Å²) in [5, 5.41) is 13.7. The maximum absolute atomic E-state index is 9.65. The Morgan fingerprint density at radius 3 is 2.69 bits per heavy atom. The zero-order valence-corrected chi connectivity index (χ0v) is 11.6. The van der Waals surface area contributed by atoms with Gasteiger partial charge in [-0.3, -0.25) is 0 Å². The molecule has 1 aromatic rings. The molecular formula is C12H15BrClNO. The Hall–Kier alpha value is -0.250. The Kier molecular flexibility index (Phi) is 3.21. The van der Waals surface area contributed by atoms with Crippen molar-refractivity contribution in [1.29, 1.82) is 0 Å². The summed E-state index contributed by atoms with van der Waals surface area (Å²) in [6.07, 6.45) is 0.580. The number of aliphatic hydroxyl groups excluding tert-OH is 1. The van der Waals surface area contributed by atoms with Crippen LogP contribution >= 0.6 is 27.5 Å². The zero-order chi connectivity index (χ0) is 11.9. The van der Waals surface area contributed by atoms with Crippen LogP contribution in [0.1, 0.15) is 20.3 Å². The molecule has 1 aromatic carbocycles. The average Bonchev–Trinajstić information content (AvgIpc) is 2.23. The molecule has 1 aliphatic rings. The first-order valence-corrected chi connectivity index (χ1v) is 6.48. The molecule has 2 rings (SSSR count). The minimum atomic E-state index is -0.212. The van der Waals surface area contributed by atoms with Crippen molar-refractivity contribution in [1.82, 2.24) is 0 Å². The summed E-state index contributed by atoms with van der Waals surface area (Å²) in [4.78, 5) is 0. The van der Waals surface area contributed by atoms with Gasteiger partial charge in [-0.15, -0.1) is 0 Å². The fourth-order valence-corrected chi connectivity index (χ4v) is 2.36. The van der Waals surface area contributed by atoms with Gasteiger partial charge in [-0.25, -0.2) is 0 Å². The molecule has 1 aliphatic carbocycles. The quantitative estimate of drug-likeness (QED) is 0.873. The molecule has 2 N–H and O–H groups in total.